The molecule has 0 bridgehead atoms. The van der Waals surface area contributed by atoms with Gasteiger partial charge in [0.25, 0.3) is 0 Å². The van der Waals surface area contributed by atoms with Crippen molar-refractivity contribution in [2.24, 2.45) is 0 Å². The Labute approximate surface area is 149 Å². The van der Waals surface area contributed by atoms with Crippen molar-refractivity contribution in [2.75, 3.05) is 19.8 Å². The SMILES string of the molecule is CC(C)(C)c1ccn(-c2ccc(OCCOC3CCCCO3)cc2)n1. The van der Waals surface area contributed by atoms with Crippen molar-refractivity contribution in [3.63, 3.8) is 0 Å². The lowest BCUT2D eigenvalue weighted by atomic mass is 9.93. The maximum absolute atomic E-state index is 5.74. The Bertz CT molecular complexity index is 652. The van der Waals surface area contributed by atoms with E-state index in [4.69, 9.17) is 14.2 Å². The van der Waals surface area contributed by atoms with E-state index in [1.165, 1.54) is 6.42 Å². The lowest BCUT2D eigenvalue weighted by Gasteiger charge is -2.22. The summed E-state index contributed by atoms with van der Waals surface area (Å²) in [6.07, 6.45) is 5.23. The molecular weight excluding hydrogens is 316 g/mol. The zero-order valence-electron chi connectivity index (χ0n) is 15.4. The van der Waals surface area contributed by atoms with Crippen molar-refractivity contribution < 1.29 is 14.2 Å². The van der Waals surface area contributed by atoms with Gasteiger partial charge in [0.1, 0.15) is 12.4 Å². The van der Waals surface area contributed by atoms with Crippen LogP contribution in [0.2, 0.25) is 0 Å². The smallest absolute Gasteiger partial charge is 0.157 e. The average molecular weight is 344 g/mol. The van der Waals surface area contributed by atoms with Crippen LogP contribution in [0.3, 0.4) is 0 Å². The van der Waals surface area contributed by atoms with Gasteiger partial charge < -0.3 is 14.2 Å². The summed E-state index contributed by atoms with van der Waals surface area (Å²) in [5.41, 5.74) is 2.15. The summed E-state index contributed by atoms with van der Waals surface area (Å²) >= 11 is 0. The highest BCUT2D eigenvalue weighted by Crippen LogP contribution is 2.22. The monoisotopic (exact) mass is 344 g/mol. The van der Waals surface area contributed by atoms with Crippen molar-refractivity contribution in [1.29, 1.82) is 0 Å². The number of benzene rings is 1. The number of nitrogens with zero attached hydrogens (tertiary/aromatic N) is 2. The quantitative estimate of drug-likeness (QED) is 0.741. The molecule has 1 saturated heterocycles. The van der Waals surface area contributed by atoms with Gasteiger partial charge in [-0.2, -0.15) is 5.10 Å². The Morgan fingerprint density at radius 3 is 2.56 bits per heavy atom. The minimum Gasteiger partial charge on any atom is -0.491 e. The molecule has 136 valence electrons. The molecule has 2 aromatic rings. The summed E-state index contributed by atoms with van der Waals surface area (Å²) in [5.74, 6) is 0.833. The highest BCUT2D eigenvalue weighted by Gasteiger charge is 2.17. The van der Waals surface area contributed by atoms with Gasteiger partial charge in [-0.25, -0.2) is 4.68 Å². The third kappa shape index (κ3) is 5.06. The zero-order valence-corrected chi connectivity index (χ0v) is 15.4. The molecular formula is C20H28N2O3. The van der Waals surface area contributed by atoms with E-state index in [-0.39, 0.29) is 11.7 Å². The van der Waals surface area contributed by atoms with Crippen LogP contribution in [0.25, 0.3) is 5.69 Å². The van der Waals surface area contributed by atoms with Gasteiger partial charge in [0.2, 0.25) is 0 Å². The maximum Gasteiger partial charge on any atom is 0.157 e. The molecule has 1 aromatic carbocycles. The van der Waals surface area contributed by atoms with Crippen LogP contribution in [0.15, 0.2) is 36.5 Å². The Morgan fingerprint density at radius 2 is 1.92 bits per heavy atom. The molecule has 0 spiro atoms. The number of aromatic nitrogens is 2. The highest BCUT2D eigenvalue weighted by molar-refractivity contribution is 5.37. The fourth-order valence-corrected chi connectivity index (χ4v) is 2.74. The second-order valence-electron chi connectivity index (χ2n) is 7.40. The molecule has 0 amide bonds. The molecule has 1 aliphatic rings. The van der Waals surface area contributed by atoms with Gasteiger partial charge in [0.15, 0.2) is 6.29 Å². The molecule has 5 nitrogen and oxygen atoms in total. The van der Waals surface area contributed by atoms with Crippen molar-refractivity contribution in [3.05, 3.63) is 42.2 Å². The summed E-state index contributed by atoms with van der Waals surface area (Å²) in [6, 6.07) is 10.0. The third-order valence-electron chi connectivity index (χ3n) is 4.25. The average Bonchev–Trinajstić information content (AvgIpc) is 3.11. The maximum atomic E-state index is 5.74. The van der Waals surface area contributed by atoms with E-state index in [2.05, 4.69) is 31.9 Å². The number of hydrogen-bond donors (Lipinski definition) is 0. The Balaban J connectivity index is 1.48. The predicted molar refractivity (Wildman–Crippen MR) is 97.3 cm³/mol. The molecule has 1 atom stereocenters. The van der Waals surface area contributed by atoms with Crippen molar-refractivity contribution in [1.82, 2.24) is 9.78 Å². The normalized spacial score (nSPS) is 18.3. The zero-order chi connectivity index (χ0) is 17.7. The molecule has 0 saturated carbocycles. The lowest BCUT2D eigenvalue weighted by Crippen LogP contribution is -2.24. The summed E-state index contributed by atoms with van der Waals surface area (Å²) in [5, 5.41) is 4.65. The molecule has 0 N–H and O–H groups in total. The second-order valence-corrected chi connectivity index (χ2v) is 7.40. The first-order valence-corrected chi connectivity index (χ1v) is 9.05. The molecule has 5 heteroatoms. The van der Waals surface area contributed by atoms with E-state index in [1.54, 1.807) is 0 Å². The van der Waals surface area contributed by atoms with E-state index in [9.17, 15) is 0 Å². The van der Waals surface area contributed by atoms with Crippen LogP contribution in [-0.4, -0.2) is 35.9 Å². The van der Waals surface area contributed by atoms with Crippen molar-refractivity contribution in [2.45, 2.75) is 51.7 Å². The van der Waals surface area contributed by atoms with Crippen LogP contribution in [0, 0.1) is 0 Å². The first kappa shape index (κ1) is 18.0. The lowest BCUT2D eigenvalue weighted by molar-refractivity contribution is -0.165. The molecule has 1 aliphatic heterocycles. The van der Waals surface area contributed by atoms with Crippen LogP contribution >= 0.6 is 0 Å². The van der Waals surface area contributed by atoms with Gasteiger partial charge in [-0.1, -0.05) is 20.8 Å². The van der Waals surface area contributed by atoms with E-state index >= 15 is 0 Å². The van der Waals surface area contributed by atoms with E-state index in [0.29, 0.717) is 13.2 Å². The fourth-order valence-electron chi connectivity index (χ4n) is 2.74. The van der Waals surface area contributed by atoms with Crippen molar-refractivity contribution in [3.8, 4) is 11.4 Å². The topological polar surface area (TPSA) is 45.5 Å². The molecule has 25 heavy (non-hydrogen) atoms. The van der Waals surface area contributed by atoms with Gasteiger partial charge in [0, 0.05) is 18.2 Å². The van der Waals surface area contributed by atoms with E-state index < -0.39 is 0 Å². The van der Waals surface area contributed by atoms with Crippen LogP contribution in [-0.2, 0) is 14.9 Å². The van der Waals surface area contributed by atoms with Crippen LogP contribution in [0.1, 0.15) is 45.7 Å². The first-order chi connectivity index (χ1) is 12.0. The summed E-state index contributed by atoms with van der Waals surface area (Å²) in [4.78, 5) is 0. The van der Waals surface area contributed by atoms with Crippen LogP contribution in [0.5, 0.6) is 5.75 Å². The van der Waals surface area contributed by atoms with Gasteiger partial charge in [-0.3, -0.25) is 0 Å². The van der Waals surface area contributed by atoms with E-state index in [0.717, 1.165) is 36.6 Å². The Hall–Kier alpha value is -1.85. The largest absolute Gasteiger partial charge is 0.491 e. The summed E-state index contributed by atoms with van der Waals surface area (Å²) in [6.45, 7) is 8.36. The van der Waals surface area contributed by atoms with Gasteiger partial charge in [0.05, 0.1) is 18.0 Å². The molecule has 2 heterocycles. The van der Waals surface area contributed by atoms with E-state index in [1.807, 2.05) is 35.1 Å². The van der Waals surface area contributed by atoms with Crippen molar-refractivity contribution >= 4 is 0 Å². The highest BCUT2D eigenvalue weighted by atomic mass is 16.7. The number of hydrogen-bond acceptors (Lipinski definition) is 4. The van der Waals surface area contributed by atoms with Gasteiger partial charge in [-0.15, -0.1) is 0 Å². The Morgan fingerprint density at radius 1 is 1.12 bits per heavy atom. The van der Waals surface area contributed by atoms with Crippen LogP contribution in [0.4, 0.5) is 0 Å². The van der Waals surface area contributed by atoms with Crippen LogP contribution < -0.4 is 4.74 Å². The first-order valence-electron chi connectivity index (χ1n) is 9.05. The molecule has 3 rings (SSSR count). The predicted octanol–water partition coefficient (Wildman–Crippen LogP) is 4.09. The third-order valence-corrected chi connectivity index (χ3v) is 4.25. The standard InChI is InChI=1S/C20H28N2O3/c1-20(2,3)18-11-12-22(21-18)16-7-9-17(10-8-16)23-14-15-25-19-6-4-5-13-24-19/h7-12,19H,4-6,13-15H2,1-3H3. The molecule has 1 fully saturated rings. The van der Waals surface area contributed by atoms with Gasteiger partial charge in [-0.05, 0) is 49.6 Å². The Kier molecular flexibility index (Phi) is 5.76. The fraction of sp³-hybridized carbons (Fsp3) is 0.550. The molecule has 0 radical (unpaired) electrons. The van der Waals surface area contributed by atoms with Gasteiger partial charge >= 0.3 is 0 Å². The number of ether oxygens (including phenoxy) is 3. The minimum absolute atomic E-state index is 0.0519. The minimum atomic E-state index is -0.0587. The molecule has 1 unspecified atom stereocenters. The molecule has 0 aliphatic carbocycles. The second kappa shape index (κ2) is 8.02. The molecule has 1 aromatic heterocycles. The summed E-state index contributed by atoms with van der Waals surface area (Å²) in [7, 11) is 0. The number of rotatable bonds is 6. The summed E-state index contributed by atoms with van der Waals surface area (Å²) < 4.78 is 18.8.